The molecule has 3 fully saturated rings. The van der Waals surface area contributed by atoms with Gasteiger partial charge in [0.25, 0.3) is 0 Å². The maximum absolute atomic E-state index is 10.5. The minimum Gasteiger partial charge on any atom is -0.504 e. The third kappa shape index (κ3) is 1.37. The van der Waals surface area contributed by atoms with Crippen LogP contribution in [0.1, 0.15) is 30.4 Å². The van der Waals surface area contributed by atoms with Crippen LogP contribution in [0.3, 0.4) is 0 Å². The third-order valence-electron chi connectivity index (χ3n) is 7.37. The van der Waals surface area contributed by atoms with Crippen LogP contribution in [0.2, 0.25) is 0 Å². The predicted molar refractivity (Wildman–Crippen MR) is 86.3 cm³/mol. The van der Waals surface area contributed by atoms with Crippen LogP contribution in [0, 0.1) is 5.92 Å². The zero-order valence-electron chi connectivity index (χ0n) is 14.0. The molecule has 2 spiro atoms. The fourth-order valence-electron chi connectivity index (χ4n) is 6.47. The lowest BCUT2D eigenvalue weighted by atomic mass is 9.50. The first-order valence-electron chi connectivity index (χ1n) is 9.16. The molecule has 1 aromatic carbocycles. The molecule has 5 heteroatoms. The minimum absolute atomic E-state index is 0.0680. The van der Waals surface area contributed by atoms with Crippen molar-refractivity contribution in [3.05, 3.63) is 23.3 Å². The second-order valence-corrected chi connectivity index (χ2v) is 8.14. The number of ether oxygens (including phenoxy) is 3. The second-order valence-electron chi connectivity index (χ2n) is 8.14. The number of aromatic hydroxyl groups is 1. The average Bonchev–Trinajstić information content (AvgIpc) is 3.18. The van der Waals surface area contributed by atoms with Gasteiger partial charge in [-0.05, 0) is 50.4 Å². The summed E-state index contributed by atoms with van der Waals surface area (Å²) in [6, 6.07) is 4.44. The predicted octanol–water partition coefficient (Wildman–Crippen LogP) is 1.80. The Morgan fingerprint density at radius 2 is 2.04 bits per heavy atom. The summed E-state index contributed by atoms with van der Waals surface area (Å²) in [4.78, 5) is 2.52. The zero-order chi connectivity index (χ0) is 16.1. The lowest BCUT2D eigenvalue weighted by molar-refractivity contribution is -0.260. The highest BCUT2D eigenvalue weighted by Gasteiger charge is 2.71. The molecular formula is C19H23NO4. The molecular weight excluding hydrogens is 306 g/mol. The highest BCUT2D eigenvalue weighted by atomic mass is 16.8. The molecule has 3 heterocycles. The molecule has 5 aliphatic rings. The molecule has 2 bridgehead atoms. The normalized spacial score (nSPS) is 41.3. The second kappa shape index (κ2) is 4.26. The maximum atomic E-state index is 10.5. The van der Waals surface area contributed by atoms with Crippen LogP contribution in [0.15, 0.2) is 12.1 Å². The van der Waals surface area contributed by atoms with Crippen molar-refractivity contribution in [3.8, 4) is 11.5 Å². The van der Waals surface area contributed by atoms with Crippen LogP contribution >= 0.6 is 0 Å². The number of hydrogen-bond acceptors (Lipinski definition) is 5. The number of nitrogens with zero attached hydrogens (tertiary/aromatic N) is 1. The molecule has 1 N–H and O–H groups in total. The van der Waals surface area contributed by atoms with E-state index >= 15 is 0 Å². The van der Waals surface area contributed by atoms with Gasteiger partial charge in [0.15, 0.2) is 17.6 Å². The topological polar surface area (TPSA) is 51.2 Å². The Labute approximate surface area is 141 Å². The summed E-state index contributed by atoms with van der Waals surface area (Å²) >= 11 is 0. The van der Waals surface area contributed by atoms with Gasteiger partial charge in [-0.25, -0.2) is 0 Å². The highest BCUT2D eigenvalue weighted by Crippen LogP contribution is 2.66. The van der Waals surface area contributed by atoms with Crippen molar-refractivity contribution in [1.29, 1.82) is 0 Å². The Morgan fingerprint density at radius 1 is 1.21 bits per heavy atom. The Bertz CT molecular complexity index is 728. The summed E-state index contributed by atoms with van der Waals surface area (Å²) in [5.41, 5.74) is 2.54. The van der Waals surface area contributed by atoms with E-state index in [9.17, 15) is 5.11 Å². The quantitative estimate of drug-likeness (QED) is 0.787. The van der Waals surface area contributed by atoms with Gasteiger partial charge in [0.2, 0.25) is 5.79 Å². The first kappa shape index (κ1) is 13.9. The molecule has 1 aromatic rings. The van der Waals surface area contributed by atoms with Crippen molar-refractivity contribution < 1.29 is 19.3 Å². The van der Waals surface area contributed by atoms with Crippen molar-refractivity contribution >= 4 is 0 Å². The van der Waals surface area contributed by atoms with E-state index in [1.807, 2.05) is 0 Å². The molecule has 5 nitrogen and oxygen atoms in total. The standard InChI is InChI=1S/C19H23NO4/c1-20-7-6-18-12-4-5-19(22-8-9-23-19)17(18)24-16-14(21)3-2-11(15(16)18)10-13(12)20/h2-3,12-13,17,21H,4-10H2,1H3/t12?,13-,17-,18+/m1/s1. The zero-order valence-corrected chi connectivity index (χ0v) is 14.0. The van der Waals surface area contributed by atoms with E-state index in [1.165, 1.54) is 11.1 Å². The summed E-state index contributed by atoms with van der Waals surface area (Å²) in [5, 5.41) is 10.5. The molecule has 0 radical (unpaired) electrons. The van der Waals surface area contributed by atoms with E-state index in [1.54, 1.807) is 6.07 Å². The number of fused-ring (bicyclic) bond motifs is 1. The monoisotopic (exact) mass is 329 g/mol. The minimum atomic E-state index is -0.628. The van der Waals surface area contributed by atoms with Gasteiger partial charge >= 0.3 is 0 Å². The summed E-state index contributed by atoms with van der Waals surface area (Å²) in [7, 11) is 2.25. The van der Waals surface area contributed by atoms with Gasteiger partial charge in [0, 0.05) is 23.4 Å². The van der Waals surface area contributed by atoms with Gasteiger partial charge in [-0.15, -0.1) is 0 Å². The van der Waals surface area contributed by atoms with E-state index in [0.29, 0.717) is 30.9 Å². The Morgan fingerprint density at radius 3 is 2.88 bits per heavy atom. The van der Waals surface area contributed by atoms with E-state index < -0.39 is 5.79 Å². The van der Waals surface area contributed by atoms with Gasteiger partial charge in [-0.3, -0.25) is 0 Å². The van der Waals surface area contributed by atoms with E-state index in [2.05, 4.69) is 18.0 Å². The van der Waals surface area contributed by atoms with Crippen LogP contribution in [0.25, 0.3) is 0 Å². The van der Waals surface area contributed by atoms with Crippen LogP contribution in [0.4, 0.5) is 0 Å². The molecule has 1 saturated carbocycles. The van der Waals surface area contributed by atoms with Gasteiger partial charge in [0.05, 0.1) is 13.2 Å². The van der Waals surface area contributed by atoms with Crippen LogP contribution in [-0.2, 0) is 21.3 Å². The van der Waals surface area contributed by atoms with Crippen LogP contribution in [-0.4, -0.2) is 54.7 Å². The summed E-state index contributed by atoms with van der Waals surface area (Å²) in [5.74, 6) is 0.889. The first-order chi connectivity index (χ1) is 11.7. The highest BCUT2D eigenvalue weighted by molar-refractivity contribution is 5.61. The number of phenolic OH excluding ortho intramolecular Hbond substituents is 1. The molecule has 1 unspecified atom stereocenters. The largest absolute Gasteiger partial charge is 0.504 e. The molecule has 2 saturated heterocycles. The van der Waals surface area contributed by atoms with Crippen molar-refractivity contribution in [2.45, 2.75) is 49.0 Å². The molecule has 0 aromatic heterocycles. The lowest BCUT2D eigenvalue weighted by Gasteiger charge is -2.60. The smallest absolute Gasteiger partial charge is 0.206 e. The van der Waals surface area contributed by atoms with E-state index in [4.69, 9.17) is 14.2 Å². The third-order valence-corrected chi connectivity index (χ3v) is 7.37. The lowest BCUT2D eigenvalue weighted by Crippen LogP contribution is -2.69. The fourth-order valence-corrected chi connectivity index (χ4v) is 6.47. The number of phenols is 1. The van der Waals surface area contributed by atoms with Crippen LogP contribution in [0.5, 0.6) is 11.5 Å². The van der Waals surface area contributed by atoms with Crippen molar-refractivity contribution in [1.82, 2.24) is 4.90 Å². The van der Waals surface area contributed by atoms with Crippen molar-refractivity contribution in [3.63, 3.8) is 0 Å². The van der Waals surface area contributed by atoms with E-state index in [-0.39, 0.29) is 17.3 Å². The Hall–Kier alpha value is -1.30. The summed E-state index contributed by atoms with van der Waals surface area (Å²) in [6.45, 7) is 2.34. The molecule has 128 valence electrons. The van der Waals surface area contributed by atoms with Crippen LogP contribution < -0.4 is 4.74 Å². The van der Waals surface area contributed by atoms with Crippen molar-refractivity contribution in [2.75, 3.05) is 26.8 Å². The molecule has 24 heavy (non-hydrogen) atoms. The first-order valence-corrected chi connectivity index (χ1v) is 9.16. The average molecular weight is 329 g/mol. The molecule has 6 rings (SSSR count). The molecule has 0 amide bonds. The van der Waals surface area contributed by atoms with E-state index in [0.717, 1.165) is 32.2 Å². The van der Waals surface area contributed by atoms with Gasteiger partial charge < -0.3 is 24.2 Å². The Kier molecular flexibility index (Phi) is 2.47. The number of benzene rings is 1. The maximum Gasteiger partial charge on any atom is 0.206 e. The molecule has 2 aliphatic carbocycles. The SMILES string of the molecule is CN1CC[C@]23c4c5ccc(O)c4O[C@H]2C2(CCC3[C@H]1C5)OCCO2. The van der Waals surface area contributed by atoms with Gasteiger partial charge in [-0.1, -0.05) is 6.07 Å². The number of likely N-dealkylation sites (tertiary alicyclic amines) is 1. The number of piperidine rings is 1. The number of rotatable bonds is 0. The summed E-state index contributed by atoms with van der Waals surface area (Å²) < 4.78 is 18.8. The van der Waals surface area contributed by atoms with Gasteiger partial charge in [-0.2, -0.15) is 0 Å². The molecule has 4 atom stereocenters. The Balaban J connectivity index is 1.63. The number of hydrogen-bond donors (Lipinski definition) is 1. The fraction of sp³-hybridized carbons (Fsp3) is 0.684. The summed E-state index contributed by atoms with van der Waals surface area (Å²) in [6.07, 6.45) is 3.95. The molecule has 3 aliphatic heterocycles. The van der Waals surface area contributed by atoms with Gasteiger partial charge in [0.1, 0.15) is 0 Å². The number of likely N-dealkylation sites (N-methyl/N-ethyl adjacent to an activating group) is 1. The van der Waals surface area contributed by atoms with Crippen molar-refractivity contribution in [2.24, 2.45) is 5.92 Å².